The summed E-state index contributed by atoms with van der Waals surface area (Å²) < 4.78 is 36.3. The Hall–Kier alpha value is -6.14. The molecular formula is C44H44N2O9S. The van der Waals surface area contributed by atoms with Crippen LogP contribution in [0.4, 0.5) is 0 Å². The smallest absolute Gasteiger partial charge is 0.343 e. The number of esters is 2. The van der Waals surface area contributed by atoms with Crippen LogP contribution in [-0.4, -0.2) is 50.0 Å². The maximum Gasteiger partial charge on any atom is 0.343 e. The number of thiazole rings is 1. The lowest BCUT2D eigenvalue weighted by Crippen LogP contribution is -2.40. The average molecular weight is 777 g/mol. The highest BCUT2D eigenvalue weighted by atomic mass is 32.1. The molecule has 0 bridgehead atoms. The van der Waals surface area contributed by atoms with Gasteiger partial charge in [0, 0.05) is 5.56 Å². The standard InChI is InChI=1S/C44H44N2O9S/c1-7-14-31-21-28(22-36(52-9-3)41(31)55-25-32-17-13-16-29-15-11-12-18-33(29)32)23-37-42(48)46-40(39(43(49)53-10-4)27(5)45-44(46)56-37)30-19-20-34(35(24-30)51-8-2)54-26-38(47)50-6/h7,11-13,15-24,40H,1,8-10,14,25-26H2,2-6H3/b37-23-/t40-/m1/s1. The van der Waals surface area contributed by atoms with Gasteiger partial charge in [-0.25, -0.2) is 14.6 Å². The number of hydrogen-bond acceptors (Lipinski definition) is 11. The van der Waals surface area contributed by atoms with Gasteiger partial charge in [-0.3, -0.25) is 9.36 Å². The number of allylic oxidation sites excluding steroid dienone is 2. The highest BCUT2D eigenvalue weighted by Gasteiger charge is 2.34. The zero-order chi connectivity index (χ0) is 39.8. The molecule has 0 spiro atoms. The lowest BCUT2D eigenvalue weighted by molar-refractivity contribution is -0.143. The van der Waals surface area contributed by atoms with Gasteiger partial charge in [-0.1, -0.05) is 65.9 Å². The molecule has 1 atom stereocenters. The average Bonchev–Trinajstić information content (AvgIpc) is 3.49. The predicted molar refractivity (Wildman–Crippen MR) is 215 cm³/mol. The molecule has 11 nitrogen and oxygen atoms in total. The van der Waals surface area contributed by atoms with Crippen LogP contribution in [0.25, 0.3) is 16.8 Å². The van der Waals surface area contributed by atoms with Crippen molar-refractivity contribution in [3.8, 4) is 23.0 Å². The molecule has 6 rings (SSSR count). The van der Waals surface area contributed by atoms with Crippen molar-refractivity contribution in [2.24, 2.45) is 4.99 Å². The highest BCUT2D eigenvalue weighted by Crippen LogP contribution is 2.38. The Balaban J connectivity index is 1.44. The number of nitrogens with zero attached hydrogens (tertiary/aromatic N) is 2. The Morgan fingerprint density at radius 1 is 0.875 bits per heavy atom. The fraction of sp³-hybridized carbons (Fsp3) is 0.273. The van der Waals surface area contributed by atoms with E-state index in [2.05, 4.69) is 30.8 Å². The fourth-order valence-corrected chi connectivity index (χ4v) is 7.65. The number of carbonyl (C=O) groups is 2. The molecule has 0 aliphatic carbocycles. The minimum atomic E-state index is -0.901. The lowest BCUT2D eigenvalue weighted by Gasteiger charge is -2.25. The predicted octanol–water partition coefficient (Wildman–Crippen LogP) is 6.61. The first-order valence-electron chi connectivity index (χ1n) is 18.4. The quantitative estimate of drug-likeness (QED) is 0.0805. The van der Waals surface area contributed by atoms with Gasteiger partial charge >= 0.3 is 11.9 Å². The minimum Gasteiger partial charge on any atom is -0.490 e. The van der Waals surface area contributed by atoms with Crippen LogP contribution in [0.15, 0.2) is 107 Å². The summed E-state index contributed by atoms with van der Waals surface area (Å²) in [5.74, 6) is 0.637. The number of benzene rings is 4. The Morgan fingerprint density at radius 2 is 1.64 bits per heavy atom. The van der Waals surface area contributed by atoms with Gasteiger partial charge in [0.2, 0.25) is 0 Å². The molecular weight excluding hydrogens is 733 g/mol. The van der Waals surface area contributed by atoms with Gasteiger partial charge in [0.05, 0.1) is 48.8 Å². The van der Waals surface area contributed by atoms with Crippen LogP contribution in [0.1, 0.15) is 56.0 Å². The van der Waals surface area contributed by atoms with Gasteiger partial charge in [0.15, 0.2) is 34.4 Å². The summed E-state index contributed by atoms with van der Waals surface area (Å²) in [4.78, 5) is 45.0. The molecule has 0 fully saturated rings. The van der Waals surface area contributed by atoms with Gasteiger partial charge in [-0.15, -0.1) is 6.58 Å². The molecule has 0 saturated heterocycles. The van der Waals surface area contributed by atoms with E-state index in [9.17, 15) is 14.4 Å². The van der Waals surface area contributed by atoms with Crippen molar-refractivity contribution >= 4 is 40.1 Å². The number of carbonyl (C=O) groups excluding carboxylic acids is 2. The maximum atomic E-state index is 14.5. The molecule has 1 aliphatic rings. The van der Waals surface area contributed by atoms with Crippen molar-refractivity contribution in [1.82, 2.24) is 4.57 Å². The molecule has 290 valence electrons. The van der Waals surface area contributed by atoms with Crippen LogP contribution in [0.3, 0.4) is 0 Å². The fourth-order valence-electron chi connectivity index (χ4n) is 6.61. The van der Waals surface area contributed by atoms with Crippen LogP contribution in [-0.2, 0) is 32.1 Å². The normalized spacial score (nSPS) is 13.8. The number of methoxy groups -OCH3 is 1. The molecule has 0 unspecified atom stereocenters. The van der Waals surface area contributed by atoms with Gasteiger partial charge in [-0.05, 0) is 91.9 Å². The van der Waals surface area contributed by atoms with E-state index in [-0.39, 0.29) is 24.3 Å². The number of aromatic nitrogens is 1. The van der Waals surface area contributed by atoms with E-state index < -0.39 is 18.0 Å². The molecule has 5 aromatic rings. The third-order valence-corrected chi connectivity index (χ3v) is 10.0. The van der Waals surface area contributed by atoms with Crippen molar-refractivity contribution in [1.29, 1.82) is 0 Å². The lowest BCUT2D eigenvalue weighted by atomic mass is 9.95. The molecule has 2 heterocycles. The first-order chi connectivity index (χ1) is 27.2. The second-order valence-corrected chi connectivity index (χ2v) is 13.7. The van der Waals surface area contributed by atoms with Crippen LogP contribution in [0.2, 0.25) is 0 Å². The van der Waals surface area contributed by atoms with Crippen molar-refractivity contribution in [2.75, 3.05) is 33.5 Å². The van der Waals surface area contributed by atoms with E-state index in [4.69, 9.17) is 33.4 Å². The Kier molecular flexibility index (Phi) is 12.7. The van der Waals surface area contributed by atoms with Crippen LogP contribution in [0, 0.1) is 0 Å². The maximum absolute atomic E-state index is 14.5. The third-order valence-electron chi connectivity index (χ3n) is 9.04. The molecule has 1 aliphatic heterocycles. The summed E-state index contributed by atoms with van der Waals surface area (Å²) in [5.41, 5.74) is 3.46. The summed E-state index contributed by atoms with van der Waals surface area (Å²) >= 11 is 1.21. The van der Waals surface area contributed by atoms with Crippen LogP contribution >= 0.6 is 11.3 Å². The van der Waals surface area contributed by atoms with Gasteiger partial charge < -0.3 is 28.4 Å². The number of rotatable bonds is 16. The molecule has 1 aromatic heterocycles. The third kappa shape index (κ3) is 8.40. The number of hydrogen-bond donors (Lipinski definition) is 0. The molecule has 56 heavy (non-hydrogen) atoms. The highest BCUT2D eigenvalue weighted by molar-refractivity contribution is 7.07. The minimum absolute atomic E-state index is 0.133. The van der Waals surface area contributed by atoms with Crippen molar-refractivity contribution in [3.63, 3.8) is 0 Å². The molecule has 0 N–H and O–H groups in total. The SMILES string of the molecule is C=CCc1cc(/C=c2\sc3n(c2=O)[C@H](c2ccc(OCC(=O)OC)c(OCC)c2)C(C(=O)OCC)=C(C)N=3)cc(OCC)c1OCc1cccc2ccccc12. The Morgan fingerprint density at radius 3 is 2.39 bits per heavy atom. The number of fused-ring (bicyclic) bond motifs is 2. The van der Waals surface area contributed by atoms with Gasteiger partial charge in [0.1, 0.15) is 6.61 Å². The van der Waals surface area contributed by atoms with Crippen molar-refractivity contribution in [3.05, 3.63) is 139 Å². The van der Waals surface area contributed by atoms with E-state index in [1.165, 1.54) is 23.0 Å². The molecule has 12 heteroatoms. The summed E-state index contributed by atoms with van der Waals surface area (Å²) in [7, 11) is 1.27. The molecule has 0 saturated carbocycles. The number of ether oxygens (including phenoxy) is 6. The zero-order valence-electron chi connectivity index (χ0n) is 32.1. The topological polar surface area (TPSA) is 124 Å². The van der Waals surface area contributed by atoms with Crippen molar-refractivity contribution in [2.45, 2.75) is 46.8 Å². The van der Waals surface area contributed by atoms with E-state index in [0.717, 1.165) is 27.5 Å². The summed E-state index contributed by atoms with van der Waals surface area (Å²) in [5, 5.41) is 2.24. The van der Waals surface area contributed by atoms with Gasteiger partial charge in [-0.2, -0.15) is 0 Å². The summed E-state index contributed by atoms with van der Waals surface area (Å²) in [6, 6.07) is 22.3. The van der Waals surface area contributed by atoms with Crippen molar-refractivity contribution < 1.29 is 38.0 Å². The first-order valence-corrected chi connectivity index (χ1v) is 19.2. The summed E-state index contributed by atoms with van der Waals surface area (Å²) in [6.45, 7) is 12.0. The van der Waals surface area contributed by atoms with Crippen LogP contribution in [0.5, 0.6) is 23.0 Å². The largest absolute Gasteiger partial charge is 0.490 e. The Labute approximate surface area is 328 Å². The zero-order valence-corrected chi connectivity index (χ0v) is 32.9. The van der Waals surface area contributed by atoms with E-state index in [1.807, 2.05) is 44.2 Å². The molecule has 0 amide bonds. The Bertz CT molecular complexity index is 2490. The monoisotopic (exact) mass is 776 g/mol. The summed E-state index contributed by atoms with van der Waals surface area (Å²) in [6.07, 6.45) is 4.09. The van der Waals surface area contributed by atoms with E-state index >= 15 is 0 Å². The molecule has 0 radical (unpaired) electrons. The van der Waals surface area contributed by atoms with Crippen LogP contribution < -0.4 is 33.8 Å². The second kappa shape index (κ2) is 18.0. The first kappa shape index (κ1) is 39.6. The van der Waals surface area contributed by atoms with Gasteiger partial charge in [0.25, 0.3) is 5.56 Å². The van der Waals surface area contributed by atoms with E-state index in [0.29, 0.717) is 69.8 Å². The molecule has 4 aromatic carbocycles. The van der Waals surface area contributed by atoms with E-state index in [1.54, 1.807) is 44.2 Å². The second-order valence-electron chi connectivity index (χ2n) is 12.7.